The standard InChI is InChI=1S/C14H15N3O2/c1-10-4-3-7-17(14(10)19)9-13(18)16-12-6-2-5-11(15)8-12/h2-8H,9,15H2,1H3,(H,16,18). The summed E-state index contributed by atoms with van der Waals surface area (Å²) < 4.78 is 1.37. The molecule has 0 atom stereocenters. The van der Waals surface area contributed by atoms with Crippen molar-refractivity contribution in [2.24, 2.45) is 0 Å². The summed E-state index contributed by atoms with van der Waals surface area (Å²) in [6.45, 7) is 1.70. The van der Waals surface area contributed by atoms with Crippen molar-refractivity contribution in [3.8, 4) is 0 Å². The van der Waals surface area contributed by atoms with Gasteiger partial charge in [0.05, 0.1) is 0 Å². The molecule has 3 N–H and O–H groups in total. The molecule has 0 aliphatic carbocycles. The normalized spacial score (nSPS) is 10.2. The van der Waals surface area contributed by atoms with Crippen LogP contribution in [0, 0.1) is 6.92 Å². The minimum Gasteiger partial charge on any atom is -0.399 e. The minimum absolute atomic E-state index is 0.0185. The van der Waals surface area contributed by atoms with Gasteiger partial charge in [-0.15, -0.1) is 0 Å². The van der Waals surface area contributed by atoms with Crippen LogP contribution in [-0.2, 0) is 11.3 Å². The van der Waals surface area contributed by atoms with Gasteiger partial charge in [0.15, 0.2) is 0 Å². The molecule has 0 spiro atoms. The van der Waals surface area contributed by atoms with Crippen LogP contribution in [0.5, 0.6) is 0 Å². The molecule has 5 heteroatoms. The summed E-state index contributed by atoms with van der Waals surface area (Å²) in [6.07, 6.45) is 1.59. The first kappa shape index (κ1) is 12.9. The van der Waals surface area contributed by atoms with E-state index in [9.17, 15) is 9.59 Å². The van der Waals surface area contributed by atoms with Gasteiger partial charge >= 0.3 is 0 Å². The van der Waals surface area contributed by atoms with Gasteiger partial charge in [-0.25, -0.2) is 0 Å². The lowest BCUT2D eigenvalue weighted by molar-refractivity contribution is -0.116. The van der Waals surface area contributed by atoms with Crippen LogP contribution < -0.4 is 16.6 Å². The summed E-state index contributed by atoms with van der Waals surface area (Å²) in [7, 11) is 0. The van der Waals surface area contributed by atoms with Gasteiger partial charge in [-0.2, -0.15) is 0 Å². The maximum absolute atomic E-state index is 11.8. The number of nitrogens with one attached hydrogen (secondary N) is 1. The van der Waals surface area contributed by atoms with Crippen LogP contribution in [0.25, 0.3) is 0 Å². The van der Waals surface area contributed by atoms with E-state index in [1.54, 1.807) is 49.5 Å². The molecule has 1 aromatic carbocycles. The van der Waals surface area contributed by atoms with Crippen LogP contribution in [-0.4, -0.2) is 10.5 Å². The fourth-order valence-electron chi connectivity index (χ4n) is 1.75. The van der Waals surface area contributed by atoms with Crippen LogP contribution in [0.1, 0.15) is 5.56 Å². The molecule has 5 nitrogen and oxygen atoms in total. The molecule has 0 saturated carbocycles. The third kappa shape index (κ3) is 3.22. The van der Waals surface area contributed by atoms with E-state index in [1.807, 2.05) is 0 Å². The predicted octanol–water partition coefficient (Wildman–Crippen LogP) is 1.38. The Bertz CT molecular complexity index is 662. The van der Waals surface area contributed by atoms with Crippen molar-refractivity contribution in [2.75, 3.05) is 11.1 Å². The van der Waals surface area contributed by atoms with Gasteiger partial charge in [0.2, 0.25) is 5.91 Å². The number of amides is 1. The van der Waals surface area contributed by atoms with Gasteiger partial charge in [0, 0.05) is 23.1 Å². The van der Waals surface area contributed by atoms with E-state index in [0.717, 1.165) is 0 Å². The molecular weight excluding hydrogens is 242 g/mol. The Hall–Kier alpha value is -2.56. The zero-order chi connectivity index (χ0) is 13.8. The number of nitrogens with two attached hydrogens (primary N) is 1. The van der Waals surface area contributed by atoms with Gasteiger partial charge in [-0.1, -0.05) is 12.1 Å². The molecule has 0 unspecified atom stereocenters. The SMILES string of the molecule is Cc1cccn(CC(=O)Nc2cccc(N)c2)c1=O. The lowest BCUT2D eigenvalue weighted by Gasteiger charge is -2.08. The van der Waals surface area contributed by atoms with Crippen molar-refractivity contribution in [1.82, 2.24) is 4.57 Å². The Labute approximate surface area is 110 Å². The molecule has 0 bridgehead atoms. The lowest BCUT2D eigenvalue weighted by atomic mass is 10.3. The second kappa shape index (κ2) is 5.39. The first-order valence-electron chi connectivity index (χ1n) is 5.88. The highest BCUT2D eigenvalue weighted by molar-refractivity contribution is 5.90. The van der Waals surface area contributed by atoms with Crippen LogP contribution >= 0.6 is 0 Å². The largest absolute Gasteiger partial charge is 0.399 e. The molecule has 0 fully saturated rings. The Morgan fingerprint density at radius 1 is 1.32 bits per heavy atom. The summed E-state index contributed by atoms with van der Waals surface area (Å²) in [5.74, 6) is -0.265. The predicted molar refractivity (Wildman–Crippen MR) is 74.9 cm³/mol. The molecule has 0 radical (unpaired) electrons. The van der Waals surface area contributed by atoms with Gasteiger partial charge in [-0.05, 0) is 31.2 Å². The first-order valence-corrected chi connectivity index (χ1v) is 5.88. The second-order valence-electron chi connectivity index (χ2n) is 4.30. The maximum atomic E-state index is 11.8. The number of benzene rings is 1. The Kier molecular flexibility index (Phi) is 3.66. The van der Waals surface area contributed by atoms with E-state index in [-0.39, 0.29) is 18.0 Å². The van der Waals surface area contributed by atoms with Crippen molar-refractivity contribution < 1.29 is 4.79 Å². The monoisotopic (exact) mass is 257 g/mol. The van der Waals surface area contributed by atoms with Gasteiger partial charge < -0.3 is 15.6 Å². The topological polar surface area (TPSA) is 77.1 Å². The Morgan fingerprint density at radius 3 is 2.84 bits per heavy atom. The summed E-state index contributed by atoms with van der Waals surface area (Å²) in [6, 6.07) is 10.4. The number of nitrogen functional groups attached to an aromatic ring is 1. The third-order valence-corrected chi connectivity index (χ3v) is 2.69. The van der Waals surface area contributed by atoms with E-state index in [4.69, 9.17) is 5.73 Å². The van der Waals surface area contributed by atoms with Gasteiger partial charge in [-0.3, -0.25) is 9.59 Å². The highest BCUT2D eigenvalue weighted by Crippen LogP contribution is 2.11. The Balaban J connectivity index is 2.10. The van der Waals surface area contributed by atoms with Crippen molar-refractivity contribution in [2.45, 2.75) is 13.5 Å². The molecule has 19 heavy (non-hydrogen) atoms. The van der Waals surface area contributed by atoms with Gasteiger partial charge in [0.25, 0.3) is 5.56 Å². The number of anilines is 2. The molecule has 0 aliphatic rings. The van der Waals surface area contributed by atoms with Crippen molar-refractivity contribution in [3.05, 3.63) is 58.5 Å². The number of pyridine rings is 1. The Morgan fingerprint density at radius 2 is 2.11 bits per heavy atom. The fourth-order valence-corrected chi connectivity index (χ4v) is 1.75. The molecule has 1 heterocycles. The molecular formula is C14H15N3O2. The van der Waals surface area contributed by atoms with Crippen molar-refractivity contribution >= 4 is 17.3 Å². The zero-order valence-electron chi connectivity index (χ0n) is 10.6. The average Bonchev–Trinajstić information content (AvgIpc) is 2.35. The maximum Gasteiger partial charge on any atom is 0.253 e. The number of aromatic nitrogens is 1. The second-order valence-corrected chi connectivity index (χ2v) is 4.30. The molecule has 1 aromatic heterocycles. The summed E-state index contributed by atoms with van der Waals surface area (Å²) >= 11 is 0. The number of carbonyl (C=O) groups excluding carboxylic acids is 1. The van der Waals surface area contributed by atoms with E-state index in [0.29, 0.717) is 16.9 Å². The van der Waals surface area contributed by atoms with Gasteiger partial charge in [0.1, 0.15) is 6.54 Å². The fraction of sp³-hybridized carbons (Fsp3) is 0.143. The third-order valence-electron chi connectivity index (χ3n) is 2.69. The zero-order valence-corrected chi connectivity index (χ0v) is 10.6. The summed E-state index contributed by atoms with van der Waals surface area (Å²) in [5.41, 5.74) is 7.26. The summed E-state index contributed by atoms with van der Waals surface area (Å²) in [4.78, 5) is 23.6. The molecule has 0 aliphatic heterocycles. The number of nitrogens with zero attached hydrogens (tertiary/aromatic N) is 1. The van der Waals surface area contributed by atoms with E-state index < -0.39 is 0 Å². The highest BCUT2D eigenvalue weighted by Gasteiger charge is 2.06. The average molecular weight is 257 g/mol. The molecule has 98 valence electrons. The van der Waals surface area contributed by atoms with Crippen LogP contribution in [0.15, 0.2) is 47.4 Å². The quantitative estimate of drug-likeness (QED) is 0.815. The summed E-state index contributed by atoms with van der Waals surface area (Å²) in [5, 5.41) is 2.70. The van der Waals surface area contributed by atoms with Crippen molar-refractivity contribution in [1.29, 1.82) is 0 Å². The lowest BCUT2D eigenvalue weighted by Crippen LogP contribution is -2.28. The van der Waals surface area contributed by atoms with Crippen molar-refractivity contribution in [3.63, 3.8) is 0 Å². The minimum atomic E-state index is -0.265. The van der Waals surface area contributed by atoms with E-state index >= 15 is 0 Å². The highest BCUT2D eigenvalue weighted by atomic mass is 16.2. The van der Waals surface area contributed by atoms with E-state index in [2.05, 4.69) is 5.32 Å². The number of rotatable bonds is 3. The smallest absolute Gasteiger partial charge is 0.253 e. The molecule has 2 aromatic rings. The molecule has 1 amide bonds. The van der Waals surface area contributed by atoms with Crippen LogP contribution in [0.2, 0.25) is 0 Å². The first-order chi connectivity index (χ1) is 9.06. The van der Waals surface area contributed by atoms with Crippen LogP contribution in [0.3, 0.4) is 0 Å². The number of hydrogen-bond acceptors (Lipinski definition) is 3. The number of hydrogen-bond donors (Lipinski definition) is 2. The molecule has 2 rings (SSSR count). The molecule has 0 saturated heterocycles. The van der Waals surface area contributed by atoms with E-state index in [1.165, 1.54) is 4.57 Å². The number of carbonyl (C=O) groups is 1. The van der Waals surface area contributed by atoms with Crippen LogP contribution in [0.4, 0.5) is 11.4 Å². The number of aryl methyl sites for hydroxylation is 1.